The maximum absolute atomic E-state index is 12.6. The second-order valence-corrected chi connectivity index (χ2v) is 7.12. The molecule has 0 radical (unpaired) electrons. The van der Waals surface area contributed by atoms with Crippen molar-refractivity contribution in [3.8, 4) is 0 Å². The quantitative estimate of drug-likeness (QED) is 0.692. The van der Waals surface area contributed by atoms with Crippen LogP contribution in [0.15, 0.2) is 12.2 Å². The maximum atomic E-state index is 12.6. The second kappa shape index (κ2) is 4.93. The minimum absolute atomic E-state index is 0.000789. The third-order valence-corrected chi connectivity index (χ3v) is 5.77. The Kier molecular flexibility index (Phi) is 3.42. The van der Waals surface area contributed by atoms with Gasteiger partial charge in [0.1, 0.15) is 12.2 Å². The lowest BCUT2D eigenvalue weighted by Gasteiger charge is -2.40. The van der Waals surface area contributed by atoms with Crippen LogP contribution in [-0.2, 0) is 23.9 Å². The van der Waals surface area contributed by atoms with E-state index >= 15 is 0 Å². The molecule has 120 valence electrons. The zero-order chi connectivity index (χ0) is 16.2. The van der Waals surface area contributed by atoms with Gasteiger partial charge in [0, 0.05) is 12.8 Å². The summed E-state index contributed by atoms with van der Waals surface area (Å²) >= 11 is 0. The normalized spacial score (nSPS) is 46.7. The standard InChI is InChI=1S/C17H22O5/c1-8-7-12-14(9(2)16(20)22-12)15(21-10(3)18)17(4)11(8)5-6-13(17)19/h5-6,8-9,11-12,14-15H,7H2,1-4H3/t8-,9+,11+,12+,14?,15-,17+/m0/s1. The average Bonchev–Trinajstić information content (AvgIpc) is 2.84. The van der Waals surface area contributed by atoms with Crippen LogP contribution in [0, 0.1) is 29.1 Å². The molecule has 0 aromatic rings. The van der Waals surface area contributed by atoms with Gasteiger partial charge in [-0.25, -0.2) is 0 Å². The molecule has 1 aliphatic heterocycles. The summed E-state index contributed by atoms with van der Waals surface area (Å²) in [6, 6.07) is 0. The summed E-state index contributed by atoms with van der Waals surface area (Å²) in [5.74, 6) is -1.17. The van der Waals surface area contributed by atoms with Gasteiger partial charge in [-0.2, -0.15) is 0 Å². The molecule has 0 bridgehead atoms. The maximum Gasteiger partial charge on any atom is 0.309 e. The number of esters is 2. The molecular formula is C17H22O5. The number of ketones is 1. The number of carbonyl (C=O) groups excluding carboxylic acids is 3. The van der Waals surface area contributed by atoms with Crippen LogP contribution < -0.4 is 0 Å². The predicted molar refractivity (Wildman–Crippen MR) is 77.6 cm³/mol. The molecule has 2 fully saturated rings. The molecular weight excluding hydrogens is 284 g/mol. The summed E-state index contributed by atoms with van der Waals surface area (Å²) < 4.78 is 11.1. The number of carbonyl (C=O) groups is 3. The Labute approximate surface area is 130 Å². The first-order chi connectivity index (χ1) is 10.3. The summed E-state index contributed by atoms with van der Waals surface area (Å²) in [6.07, 6.45) is 3.30. The van der Waals surface area contributed by atoms with Gasteiger partial charge in [0.2, 0.25) is 0 Å². The summed E-state index contributed by atoms with van der Waals surface area (Å²) in [5, 5.41) is 0. The molecule has 2 aliphatic carbocycles. The molecule has 1 heterocycles. The van der Waals surface area contributed by atoms with Crippen molar-refractivity contribution in [1.29, 1.82) is 0 Å². The van der Waals surface area contributed by atoms with E-state index in [9.17, 15) is 14.4 Å². The lowest BCUT2D eigenvalue weighted by Crippen LogP contribution is -2.50. The van der Waals surface area contributed by atoms with E-state index in [1.165, 1.54) is 6.92 Å². The van der Waals surface area contributed by atoms with Gasteiger partial charge in [-0.15, -0.1) is 0 Å². The van der Waals surface area contributed by atoms with Crippen LogP contribution in [0.3, 0.4) is 0 Å². The van der Waals surface area contributed by atoms with E-state index in [0.29, 0.717) is 6.42 Å². The molecule has 7 atom stereocenters. The first kappa shape index (κ1) is 15.3. The van der Waals surface area contributed by atoms with Crippen molar-refractivity contribution in [3.63, 3.8) is 0 Å². The zero-order valence-corrected chi connectivity index (χ0v) is 13.4. The monoisotopic (exact) mass is 306 g/mol. The Hall–Kier alpha value is -1.65. The van der Waals surface area contributed by atoms with Gasteiger partial charge in [0.05, 0.1) is 11.3 Å². The second-order valence-electron chi connectivity index (χ2n) is 7.12. The van der Waals surface area contributed by atoms with E-state index in [0.717, 1.165) is 0 Å². The molecule has 22 heavy (non-hydrogen) atoms. The van der Waals surface area contributed by atoms with Crippen molar-refractivity contribution in [2.75, 3.05) is 0 Å². The highest BCUT2D eigenvalue weighted by Crippen LogP contribution is 2.54. The van der Waals surface area contributed by atoms with E-state index < -0.39 is 17.5 Å². The van der Waals surface area contributed by atoms with Gasteiger partial charge >= 0.3 is 11.9 Å². The highest BCUT2D eigenvalue weighted by Gasteiger charge is 2.62. The van der Waals surface area contributed by atoms with Crippen LogP contribution in [0.2, 0.25) is 0 Å². The molecule has 1 saturated heterocycles. The Morgan fingerprint density at radius 3 is 2.68 bits per heavy atom. The number of hydrogen-bond acceptors (Lipinski definition) is 5. The first-order valence-electron chi connectivity index (χ1n) is 7.87. The van der Waals surface area contributed by atoms with Gasteiger partial charge < -0.3 is 9.47 Å². The van der Waals surface area contributed by atoms with E-state index in [1.54, 1.807) is 13.0 Å². The SMILES string of the molecule is CC(=O)O[C@H]1C2[C@@H](C[C@H](C)[C@H]3C=CC(=O)[C@@]31C)OC(=O)[C@@H]2C. The van der Waals surface area contributed by atoms with Gasteiger partial charge in [-0.3, -0.25) is 14.4 Å². The van der Waals surface area contributed by atoms with Crippen molar-refractivity contribution < 1.29 is 23.9 Å². The van der Waals surface area contributed by atoms with Crippen molar-refractivity contribution in [2.45, 2.75) is 46.3 Å². The molecule has 5 nitrogen and oxygen atoms in total. The molecule has 5 heteroatoms. The molecule has 0 N–H and O–H groups in total. The van der Waals surface area contributed by atoms with Crippen LogP contribution in [0.1, 0.15) is 34.1 Å². The first-order valence-corrected chi connectivity index (χ1v) is 7.87. The molecule has 0 spiro atoms. The Balaban J connectivity index is 2.10. The van der Waals surface area contributed by atoms with Gasteiger partial charge in [0.25, 0.3) is 0 Å². The fraction of sp³-hybridized carbons (Fsp3) is 0.706. The third kappa shape index (κ3) is 1.94. The summed E-state index contributed by atoms with van der Waals surface area (Å²) in [5.41, 5.74) is -0.813. The average molecular weight is 306 g/mol. The number of ether oxygens (including phenoxy) is 2. The molecule has 3 aliphatic rings. The number of allylic oxidation sites excluding steroid dienone is 2. The van der Waals surface area contributed by atoms with E-state index in [-0.39, 0.29) is 41.5 Å². The van der Waals surface area contributed by atoms with Crippen LogP contribution in [0.25, 0.3) is 0 Å². The summed E-state index contributed by atoms with van der Waals surface area (Å²) in [6.45, 7) is 7.07. The molecule has 0 amide bonds. The van der Waals surface area contributed by atoms with Crippen molar-refractivity contribution in [3.05, 3.63) is 12.2 Å². The summed E-state index contributed by atoms with van der Waals surface area (Å²) in [4.78, 5) is 36.2. The topological polar surface area (TPSA) is 69.7 Å². The van der Waals surface area contributed by atoms with Crippen molar-refractivity contribution in [2.24, 2.45) is 29.1 Å². The largest absolute Gasteiger partial charge is 0.462 e. The Morgan fingerprint density at radius 1 is 1.36 bits per heavy atom. The number of fused-ring (bicyclic) bond motifs is 2. The fourth-order valence-corrected chi connectivity index (χ4v) is 4.61. The van der Waals surface area contributed by atoms with E-state index in [2.05, 4.69) is 6.92 Å². The van der Waals surface area contributed by atoms with Crippen LogP contribution in [-0.4, -0.2) is 29.9 Å². The van der Waals surface area contributed by atoms with Crippen LogP contribution in [0.5, 0.6) is 0 Å². The minimum Gasteiger partial charge on any atom is -0.462 e. The lowest BCUT2D eigenvalue weighted by molar-refractivity contribution is -0.165. The zero-order valence-electron chi connectivity index (χ0n) is 13.4. The van der Waals surface area contributed by atoms with E-state index in [4.69, 9.17) is 9.47 Å². The molecule has 1 saturated carbocycles. The highest BCUT2D eigenvalue weighted by molar-refractivity contribution is 5.98. The van der Waals surface area contributed by atoms with E-state index in [1.807, 2.05) is 13.0 Å². The third-order valence-electron chi connectivity index (χ3n) is 5.77. The molecule has 0 aromatic heterocycles. The molecule has 0 aromatic carbocycles. The van der Waals surface area contributed by atoms with Gasteiger partial charge in [-0.1, -0.05) is 19.9 Å². The van der Waals surface area contributed by atoms with Crippen molar-refractivity contribution >= 4 is 17.7 Å². The van der Waals surface area contributed by atoms with Crippen molar-refractivity contribution in [1.82, 2.24) is 0 Å². The van der Waals surface area contributed by atoms with Gasteiger partial charge in [0.15, 0.2) is 5.78 Å². The molecule has 1 unspecified atom stereocenters. The van der Waals surface area contributed by atoms with Crippen LogP contribution >= 0.6 is 0 Å². The fourth-order valence-electron chi connectivity index (χ4n) is 4.61. The predicted octanol–water partition coefficient (Wildman–Crippen LogP) is 1.90. The number of rotatable bonds is 1. The smallest absolute Gasteiger partial charge is 0.309 e. The minimum atomic E-state index is -0.813. The molecule has 3 rings (SSSR count). The van der Waals surface area contributed by atoms with Crippen LogP contribution in [0.4, 0.5) is 0 Å². The Morgan fingerprint density at radius 2 is 2.05 bits per heavy atom. The Bertz CT molecular complexity index is 565. The lowest BCUT2D eigenvalue weighted by atomic mass is 9.66. The summed E-state index contributed by atoms with van der Waals surface area (Å²) in [7, 11) is 0. The van der Waals surface area contributed by atoms with Gasteiger partial charge in [-0.05, 0) is 31.3 Å². The number of hydrogen-bond donors (Lipinski definition) is 0. The highest BCUT2D eigenvalue weighted by atomic mass is 16.6.